The number of hydrogen-bond donors (Lipinski definition) is 2. The lowest BCUT2D eigenvalue weighted by Crippen LogP contribution is -2.43. The van der Waals surface area contributed by atoms with E-state index in [-0.39, 0.29) is 12.0 Å². The Balaban J connectivity index is 1.09. The molecule has 1 amide bonds. The minimum absolute atomic E-state index is 0.0201. The minimum Gasteiger partial charge on any atom is -0.392 e. The van der Waals surface area contributed by atoms with Crippen LogP contribution < -0.4 is 5.32 Å². The van der Waals surface area contributed by atoms with Crippen molar-refractivity contribution in [3.05, 3.63) is 35.8 Å². The lowest BCUT2D eigenvalue weighted by Gasteiger charge is -2.49. The van der Waals surface area contributed by atoms with Crippen LogP contribution in [0, 0.1) is 28.6 Å². The summed E-state index contributed by atoms with van der Waals surface area (Å²) in [5, 5.41) is 13.1. The van der Waals surface area contributed by atoms with Gasteiger partial charge in [0.2, 0.25) is 0 Å². The molecule has 7 rings (SSSR count). The van der Waals surface area contributed by atoms with Gasteiger partial charge in [0, 0.05) is 32.4 Å². The topological polar surface area (TPSA) is 69.9 Å². The largest absolute Gasteiger partial charge is 0.392 e. The van der Waals surface area contributed by atoms with E-state index < -0.39 is 0 Å². The van der Waals surface area contributed by atoms with Gasteiger partial charge >= 0.3 is 0 Å². The van der Waals surface area contributed by atoms with Gasteiger partial charge < -0.3 is 10.4 Å². The monoisotopic (exact) mass is 420 g/mol. The predicted octanol–water partition coefficient (Wildman–Crippen LogP) is 2.85. The van der Waals surface area contributed by atoms with Gasteiger partial charge in [0.1, 0.15) is 11.3 Å². The van der Waals surface area contributed by atoms with Gasteiger partial charge in [0.25, 0.3) is 5.91 Å². The van der Waals surface area contributed by atoms with E-state index >= 15 is 0 Å². The maximum Gasteiger partial charge on any atom is 0.268 e. The number of rotatable bonds is 5. The van der Waals surface area contributed by atoms with Crippen molar-refractivity contribution in [2.75, 3.05) is 19.6 Å². The Kier molecular flexibility index (Phi) is 3.80. The number of carbonyl (C=O) groups is 1. The molecule has 6 unspecified atom stereocenters. The highest BCUT2D eigenvalue weighted by Gasteiger charge is 2.70. The van der Waals surface area contributed by atoms with Crippen LogP contribution in [0.1, 0.15) is 61.1 Å². The summed E-state index contributed by atoms with van der Waals surface area (Å²) in [5.41, 5.74) is 3.45. The first-order chi connectivity index (χ1) is 15.0. The smallest absolute Gasteiger partial charge is 0.268 e. The summed E-state index contributed by atoms with van der Waals surface area (Å²) < 4.78 is 1.94. The fourth-order valence-corrected chi connectivity index (χ4v) is 8.61. The zero-order chi connectivity index (χ0) is 20.8. The van der Waals surface area contributed by atoms with Crippen LogP contribution in [0.25, 0.3) is 5.65 Å². The first-order valence-electron chi connectivity index (χ1n) is 12.2. The molecule has 3 bridgehead atoms. The molecule has 5 fully saturated rings. The first kappa shape index (κ1) is 18.6. The maximum absolute atomic E-state index is 13.2. The molecule has 6 atom stereocenters. The summed E-state index contributed by atoms with van der Waals surface area (Å²) in [5.74, 6) is 2.86. The number of imidazole rings is 1. The Labute approximate surface area is 183 Å². The van der Waals surface area contributed by atoms with Crippen LogP contribution in [-0.4, -0.2) is 51.0 Å². The molecule has 31 heavy (non-hydrogen) atoms. The molecule has 4 saturated carbocycles. The zero-order valence-electron chi connectivity index (χ0n) is 18.1. The van der Waals surface area contributed by atoms with Crippen molar-refractivity contribution in [1.82, 2.24) is 19.6 Å². The third-order valence-electron chi connectivity index (χ3n) is 9.62. The number of hydrogen-bond acceptors (Lipinski definition) is 4. The Morgan fingerprint density at radius 3 is 3.03 bits per heavy atom. The maximum atomic E-state index is 13.2. The van der Waals surface area contributed by atoms with E-state index in [1.54, 1.807) is 0 Å². The average molecular weight is 421 g/mol. The van der Waals surface area contributed by atoms with Crippen molar-refractivity contribution in [3.63, 3.8) is 0 Å². The molecular formula is C25H32N4O2. The fourth-order valence-electron chi connectivity index (χ4n) is 8.61. The summed E-state index contributed by atoms with van der Waals surface area (Å²) >= 11 is 0. The third kappa shape index (κ3) is 2.70. The minimum atomic E-state index is -0.228. The van der Waals surface area contributed by atoms with E-state index in [0.717, 1.165) is 55.1 Å². The van der Waals surface area contributed by atoms with E-state index in [0.29, 0.717) is 23.1 Å². The highest BCUT2D eigenvalue weighted by Crippen LogP contribution is 2.78. The Hall–Kier alpha value is -1.92. The van der Waals surface area contributed by atoms with Crippen LogP contribution in [0.4, 0.5) is 0 Å². The number of β-amino-alcohol motifs (C(OH)–C–C–N with tert-alkyl or cyclic N) is 1. The number of nitrogens with zero attached hydrogens (tertiary/aromatic N) is 3. The zero-order valence-corrected chi connectivity index (χ0v) is 18.1. The van der Waals surface area contributed by atoms with E-state index in [9.17, 15) is 9.90 Å². The van der Waals surface area contributed by atoms with E-state index in [2.05, 4.69) is 10.2 Å². The van der Waals surface area contributed by atoms with Crippen LogP contribution in [-0.2, 0) is 6.54 Å². The molecule has 5 aliphatic rings. The van der Waals surface area contributed by atoms with Gasteiger partial charge in [-0.25, -0.2) is 4.98 Å². The van der Waals surface area contributed by atoms with E-state index in [4.69, 9.17) is 4.98 Å². The Bertz CT molecular complexity index is 1060. The molecule has 164 valence electrons. The van der Waals surface area contributed by atoms with Crippen LogP contribution in [0.3, 0.4) is 0 Å². The molecule has 1 saturated heterocycles. The number of aromatic nitrogens is 2. The fraction of sp³-hybridized carbons (Fsp3) is 0.680. The summed E-state index contributed by atoms with van der Waals surface area (Å²) in [6.45, 7) is 3.15. The molecule has 4 aliphatic carbocycles. The van der Waals surface area contributed by atoms with Gasteiger partial charge in [-0.15, -0.1) is 0 Å². The molecule has 6 nitrogen and oxygen atoms in total. The number of aliphatic hydroxyl groups is 1. The second-order valence-electron chi connectivity index (χ2n) is 11.5. The lowest BCUT2D eigenvalue weighted by molar-refractivity contribution is -0.00254. The summed E-state index contributed by atoms with van der Waals surface area (Å²) in [4.78, 5) is 20.2. The van der Waals surface area contributed by atoms with Gasteiger partial charge in [-0.1, -0.05) is 6.07 Å². The first-order valence-corrected chi connectivity index (χ1v) is 12.2. The van der Waals surface area contributed by atoms with Crippen LogP contribution in [0.2, 0.25) is 0 Å². The molecule has 1 aliphatic heterocycles. The van der Waals surface area contributed by atoms with Crippen molar-refractivity contribution in [2.45, 2.75) is 57.6 Å². The van der Waals surface area contributed by atoms with Crippen molar-refractivity contribution in [1.29, 1.82) is 0 Å². The highest BCUT2D eigenvalue weighted by molar-refractivity contribution is 5.93. The van der Waals surface area contributed by atoms with Crippen molar-refractivity contribution < 1.29 is 9.90 Å². The van der Waals surface area contributed by atoms with Gasteiger partial charge in [0.15, 0.2) is 0 Å². The molecule has 0 aromatic carbocycles. The Morgan fingerprint density at radius 2 is 2.16 bits per heavy atom. The summed E-state index contributed by atoms with van der Waals surface area (Å²) in [6, 6.07) is 5.80. The Morgan fingerprint density at radius 1 is 1.23 bits per heavy atom. The van der Waals surface area contributed by atoms with Gasteiger partial charge in [-0.3, -0.25) is 14.1 Å². The van der Waals surface area contributed by atoms with Crippen LogP contribution in [0.15, 0.2) is 24.4 Å². The molecule has 2 N–H and O–H groups in total. The van der Waals surface area contributed by atoms with Gasteiger partial charge in [0.05, 0.1) is 11.8 Å². The highest BCUT2D eigenvalue weighted by atomic mass is 16.3. The van der Waals surface area contributed by atoms with Gasteiger partial charge in [-0.05, 0) is 85.7 Å². The number of aliphatic hydroxyl groups excluding tert-OH is 1. The number of carbonyl (C=O) groups excluding carboxylic acids is 1. The number of nitrogens with one attached hydrogen (secondary N) is 1. The molecule has 2 aromatic rings. The molecule has 6 heteroatoms. The summed E-state index contributed by atoms with van der Waals surface area (Å²) in [6.07, 6.45) is 11.0. The number of fused-ring (bicyclic) bond motifs is 3. The quantitative estimate of drug-likeness (QED) is 0.780. The number of likely N-dealkylation sites (tertiary alicyclic amines) is 1. The second-order valence-corrected chi connectivity index (χ2v) is 11.5. The average Bonchev–Trinajstić information content (AvgIpc) is 3.43. The van der Waals surface area contributed by atoms with Crippen LogP contribution in [0.5, 0.6) is 0 Å². The van der Waals surface area contributed by atoms with E-state index in [1.165, 1.54) is 38.5 Å². The molecule has 2 aromatic heterocycles. The van der Waals surface area contributed by atoms with Crippen molar-refractivity contribution in [3.8, 4) is 0 Å². The predicted molar refractivity (Wildman–Crippen MR) is 116 cm³/mol. The normalized spacial score (nSPS) is 40.4. The second kappa shape index (κ2) is 6.32. The SMILES string of the molecule is O=C(NCC12CC3CC4CC(C1)C4(C3)C2)c1cccc2nc(CN3CCC(O)C3)cn12. The van der Waals surface area contributed by atoms with Crippen LogP contribution >= 0.6 is 0 Å². The van der Waals surface area contributed by atoms with Crippen molar-refractivity contribution >= 4 is 11.6 Å². The number of amides is 1. The molecule has 3 heterocycles. The van der Waals surface area contributed by atoms with Crippen molar-refractivity contribution in [2.24, 2.45) is 28.6 Å². The number of pyridine rings is 1. The molecule has 1 spiro atoms. The lowest BCUT2D eigenvalue weighted by atomic mass is 9.55. The molecule has 0 radical (unpaired) electrons. The van der Waals surface area contributed by atoms with Gasteiger partial charge in [-0.2, -0.15) is 0 Å². The molecular weight excluding hydrogens is 388 g/mol. The third-order valence-corrected chi connectivity index (χ3v) is 9.62. The summed E-state index contributed by atoms with van der Waals surface area (Å²) in [7, 11) is 0. The van der Waals surface area contributed by atoms with E-state index in [1.807, 2.05) is 28.8 Å². The standard InChI is InChI=1S/C25H32N4O2/c30-20-4-5-28(13-20)11-19-12-29-21(2-1-3-22(29)27-19)23(31)26-15-24-8-16-6-17-7-18(10-24)25(17,9-16)14-24/h1-3,12,16-18,20,30H,4-11,13-15H2,(H,26,31).